The van der Waals surface area contributed by atoms with Gasteiger partial charge in [-0.2, -0.15) is 13.2 Å². The summed E-state index contributed by atoms with van der Waals surface area (Å²) in [5, 5.41) is 17.7. The van der Waals surface area contributed by atoms with Crippen molar-refractivity contribution in [1.29, 1.82) is 0 Å². The van der Waals surface area contributed by atoms with Crippen molar-refractivity contribution >= 4 is 5.97 Å². The summed E-state index contributed by atoms with van der Waals surface area (Å²) in [6.07, 6.45) is -5.19. The molecule has 0 atom stereocenters. The summed E-state index contributed by atoms with van der Waals surface area (Å²) in [6.45, 7) is 4.12. The van der Waals surface area contributed by atoms with Crippen LogP contribution in [-0.2, 0) is 11.3 Å². The molecule has 0 radical (unpaired) electrons. The van der Waals surface area contributed by atoms with Crippen LogP contribution in [0, 0.1) is 6.92 Å². The lowest BCUT2D eigenvalue weighted by Gasteiger charge is -2.29. The predicted molar refractivity (Wildman–Crippen MR) is 70.0 cm³/mol. The maximum Gasteiger partial charge on any atom is 0.430 e. The number of rotatable bonds is 4. The first-order valence-corrected chi connectivity index (χ1v) is 6.24. The van der Waals surface area contributed by atoms with Crippen LogP contribution < -0.4 is 5.11 Å². The zero-order valence-electron chi connectivity index (χ0n) is 12.3. The molecule has 0 saturated carbocycles. The second kappa shape index (κ2) is 7.99. The van der Waals surface area contributed by atoms with Crippen molar-refractivity contribution in [3.05, 3.63) is 35.4 Å². The summed E-state index contributed by atoms with van der Waals surface area (Å²) in [7, 11) is 4.27. The number of hydrogen-bond donors (Lipinski definition) is 1. The number of nitrogens with zero attached hydrogens (tertiary/aromatic N) is 1. The molecule has 0 aromatic heterocycles. The molecule has 21 heavy (non-hydrogen) atoms. The van der Waals surface area contributed by atoms with Crippen LogP contribution in [0.4, 0.5) is 13.2 Å². The second-order valence-electron chi connectivity index (χ2n) is 5.31. The van der Waals surface area contributed by atoms with Gasteiger partial charge in [0.05, 0.1) is 20.7 Å². The maximum atomic E-state index is 10.5. The molecule has 1 rings (SSSR count). The number of aliphatic carboxylic acids is 1. The van der Waals surface area contributed by atoms with Crippen molar-refractivity contribution in [3.8, 4) is 0 Å². The second-order valence-corrected chi connectivity index (χ2v) is 5.31. The Labute approximate surface area is 122 Å². The minimum atomic E-state index is -5.19. The van der Waals surface area contributed by atoms with Crippen LogP contribution in [0.15, 0.2) is 24.3 Å². The first kappa shape index (κ1) is 19.4. The van der Waals surface area contributed by atoms with Gasteiger partial charge in [0.2, 0.25) is 0 Å². The lowest BCUT2D eigenvalue weighted by molar-refractivity contribution is -0.903. The molecule has 0 saturated heterocycles. The number of carbonyl (C=O) groups excluding carboxylic acids is 1. The van der Waals surface area contributed by atoms with Gasteiger partial charge in [-0.25, -0.2) is 0 Å². The highest BCUT2D eigenvalue weighted by Gasteiger charge is 2.28. The fraction of sp³-hybridized carbons (Fsp3) is 0.500. The largest absolute Gasteiger partial charge is 0.542 e. The van der Waals surface area contributed by atoms with Gasteiger partial charge in [-0.3, -0.25) is 0 Å². The summed E-state index contributed by atoms with van der Waals surface area (Å²) >= 11 is 0. The lowest BCUT2D eigenvalue weighted by atomic mass is 10.1. The van der Waals surface area contributed by atoms with Gasteiger partial charge in [-0.15, -0.1) is 0 Å². The van der Waals surface area contributed by atoms with Crippen molar-refractivity contribution in [2.24, 2.45) is 0 Å². The molecular formula is C14H20F3NO3. The van der Waals surface area contributed by atoms with E-state index in [1.807, 2.05) is 0 Å². The summed E-state index contributed by atoms with van der Waals surface area (Å²) in [5.74, 6) is -3.01. The van der Waals surface area contributed by atoms with E-state index in [1.165, 1.54) is 11.1 Å². The monoisotopic (exact) mass is 307 g/mol. The number of aliphatic hydroxyl groups excluding tert-OH is 1. The van der Waals surface area contributed by atoms with E-state index in [0.29, 0.717) is 0 Å². The number of benzene rings is 1. The highest BCUT2D eigenvalue weighted by molar-refractivity contribution is 5.70. The van der Waals surface area contributed by atoms with Gasteiger partial charge in [0.1, 0.15) is 19.1 Å². The third kappa shape index (κ3) is 9.04. The average molecular weight is 307 g/mol. The first-order chi connectivity index (χ1) is 9.48. The smallest absolute Gasteiger partial charge is 0.430 e. The van der Waals surface area contributed by atoms with Gasteiger partial charge < -0.3 is 19.5 Å². The Hall–Kier alpha value is -1.60. The van der Waals surface area contributed by atoms with Crippen LogP contribution in [0.2, 0.25) is 0 Å². The number of halogens is 3. The van der Waals surface area contributed by atoms with E-state index >= 15 is 0 Å². The van der Waals surface area contributed by atoms with Gasteiger partial charge in [-0.1, -0.05) is 29.8 Å². The van der Waals surface area contributed by atoms with E-state index < -0.39 is 12.1 Å². The van der Waals surface area contributed by atoms with Crippen molar-refractivity contribution in [2.75, 3.05) is 27.2 Å². The molecule has 1 aromatic carbocycles. The number of aryl methyl sites for hydroxylation is 1. The number of likely N-dealkylation sites (N-methyl/N-ethyl adjacent to an activating group) is 1. The van der Waals surface area contributed by atoms with E-state index in [0.717, 1.165) is 17.6 Å². The van der Waals surface area contributed by atoms with Crippen molar-refractivity contribution in [3.63, 3.8) is 0 Å². The van der Waals surface area contributed by atoms with Crippen LogP contribution in [0.1, 0.15) is 11.1 Å². The van der Waals surface area contributed by atoms with Crippen LogP contribution >= 0.6 is 0 Å². The highest BCUT2D eigenvalue weighted by Crippen LogP contribution is 2.11. The summed E-state index contributed by atoms with van der Waals surface area (Å²) in [5.41, 5.74) is 2.62. The number of carboxylic acid groups (broad SMARTS) is 1. The van der Waals surface area contributed by atoms with Gasteiger partial charge in [0.15, 0.2) is 0 Å². The zero-order valence-corrected chi connectivity index (χ0v) is 12.3. The number of alkyl halides is 3. The summed E-state index contributed by atoms with van der Waals surface area (Å²) in [6, 6.07) is 8.59. The van der Waals surface area contributed by atoms with Crippen LogP contribution in [0.25, 0.3) is 0 Å². The van der Waals surface area contributed by atoms with Crippen LogP contribution in [0.3, 0.4) is 0 Å². The summed E-state index contributed by atoms with van der Waals surface area (Å²) in [4.78, 5) is 8.78. The number of quaternary nitrogens is 1. The molecule has 0 unspecified atom stereocenters. The Kier molecular flexibility index (Phi) is 7.38. The fourth-order valence-corrected chi connectivity index (χ4v) is 1.54. The quantitative estimate of drug-likeness (QED) is 0.840. The first-order valence-electron chi connectivity index (χ1n) is 6.24. The third-order valence-electron chi connectivity index (χ3n) is 2.67. The lowest BCUT2D eigenvalue weighted by Crippen LogP contribution is -2.40. The molecule has 0 fully saturated rings. The third-order valence-corrected chi connectivity index (χ3v) is 2.67. The highest BCUT2D eigenvalue weighted by atomic mass is 19.4. The molecule has 1 N–H and O–H groups in total. The molecule has 1 aromatic rings. The minimum Gasteiger partial charge on any atom is -0.542 e. The van der Waals surface area contributed by atoms with Crippen LogP contribution in [0.5, 0.6) is 0 Å². The average Bonchev–Trinajstić information content (AvgIpc) is 2.31. The molecule has 0 aliphatic rings. The molecule has 0 aliphatic heterocycles. The van der Waals surface area contributed by atoms with Crippen molar-refractivity contribution in [1.82, 2.24) is 0 Å². The van der Waals surface area contributed by atoms with E-state index in [4.69, 9.17) is 15.0 Å². The SMILES string of the molecule is Cc1ccc(C[N+](C)(C)CCO)cc1.O=C([O-])C(F)(F)F. The molecule has 7 heteroatoms. The molecule has 120 valence electrons. The Balaban J connectivity index is 0.000000486. The molecule has 4 nitrogen and oxygen atoms in total. The molecule has 0 spiro atoms. The van der Waals surface area contributed by atoms with E-state index in [2.05, 4.69) is 45.3 Å². The Morgan fingerprint density at radius 3 is 2.00 bits per heavy atom. The van der Waals surface area contributed by atoms with Crippen molar-refractivity contribution < 1.29 is 32.7 Å². The predicted octanol–water partition coefficient (Wildman–Crippen LogP) is 0.862. The maximum absolute atomic E-state index is 10.5. The number of aliphatic hydroxyl groups is 1. The molecule has 0 bridgehead atoms. The molecule has 0 amide bonds. The summed E-state index contributed by atoms with van der Waals surface area (Å²) < 4.78 is 32.4. The Morgan fingerprint density at radius 1 is 1.24 bits per heavy atom. The molecule has 0 aliphatic carbocycles. The Bertz CT molecular complexity index is 442. The standard InChI is InChI=1S/C12H20NO.C2HF3O2/c1-11-4-6-12(7-5-11)10-13(2,3)8-9-14;3-2(4,5)1(6)7/h4-7,14H,8-10H2,1-3H3;(H,6,7)/q+1;/p-1. The molecule has 0 heterocycles. The molecular weight excluding hydrogens is 287 g/mol. The van der Waals surface area contributed by atoms with Gasteiger partial charge in [-0.05, 0) is 6.92 Å². The van der Waals surface area contributed by atoms with E-state index in [9.17, 15) is 13.2 Å². The van der Waals surface area contributed by atoms with Gasteiger partial charge in [0, 0.05) is 5.56 Å². The van der Waals surface area contributed by atoms with Gasteiger partial charge in [0.25, 0.3) is 0 Å². The fourth-order valence-electron chi connectivity index (χ4n) is 1.54. The number of carboxylic acids is 1. The van der Waals surface area contributed by atoms with E-state index in [1.54, 1.807) is 0 Å². The number of carbonyl (C=O) groups is 1. The van der Waals surface area contributed by atoms with E-state index in [-0.39, 0.29) is 6.61 Å². The van der Waals surface area contributed by atoms with Gasteiger partial charge >= 0.3 is 6.18 Å². The zero-order chi connectivity index (χ0) is 16.7. The van der Waals surface area contributed by atoms with Crippen LogP contribution in [-0.4, -0.2) is 49.0 Å². The Morgan fingerprint density at radius 2 is 1.67 bits per heavy atom. The van der Waals surface area contributed by atoms with Crippen molar-refractivity contribution in [2.45, 2.75) is 19.6 Å². The minimum absolute atomic E-state index is 0.249. The topological polar surface area (TPSA) is 60.4 Å². The number of hydrogen-bond acceptors (Lipinski definition) is 3. The normalized spacial score (nSPS) is 11.6.